The average Bonchev–Trinajstić information content (AvgIpc) is 3.09. The van der Waals surface area contributed by atoms with Crippen LogP contribution < -0.4 is 5.32 Å². The Morgan fingerprint density at radius 2 is 1.88 bits per heavy atom. The van der Waals surface area contributed by atoms with E-state index in [9.17, 15) is 13.4 Å². The lowest BCUT2D eigenvalue weighted by Gasteiger charge is -2.04. The first kappa shape index (κ1) is 18.5. The quantitative estimate of drug-likeness (QED) is 0.623. The van der Waals surface area contributed by atoms with Gasteiger partial charge in [-0.2, -0.15) is 0 Å². The fraction of sp³-hybridized carbons (Fsp3) is 0.105. The largest absolute Gasteiger partial charge is 0.455 e. The Bertz CT molecular complexity index is 940. The van der Waals surface area contributed by atoms with Crippen LogP contribution in [-0.2, 0) is 23.1 Å². The van der Waals surface area contributed by atoms with Gasteiger partial charge in [-0.1, -0.05) is 28.1 Å². The van der Waals surface area contributed by atoms with Crippen molar-refractivity contribution in [3.05, 3.63) is 88.0 Å². The zero-order valence-corrected chi connectivity index (χ0v) is 16.0. The van der Waals surface area contributed by atoms with Crippen LogP contribution in [0.1, 0.15) is 21.9 Å². The third-order valence-electron chi connectivity index (χ3n) is 3.58. The normalized spacial score (nSPS) is 11.9. The second kappa shape index (κ2) is 8.42. The summed E-state index contributed by atoms with van der Waals surface area (Å²) in [6.07, 6.45) is 0. The minimum Gasteiger partial charge on any atom is -0.455 e. The first-order valence-electron chi connectivity index (χ1n) is 7.76. The summed E-state index contributed by atoms with van der Waals surface area (Å²) in [7, 11) is -1.38. The van der Waals surface area contributed by atoms with E-state index in [1.54, 1.807) is 12.1 Å². The highest BCUT2D eigenvalue weighted by Crippen LogP contribution is 2.16. The van der Waals surface area contributed by atoms with E-state index in [-0.39, 0.29) is 23.2 Å². The van der Waals surface area contributed by atoms with Gasteiger partial charge >= 0.3 is 0 Å². The summed E-state index contributed by atoms with van der Waals surface area (Å²) in [5, 5.41) is 2.78. The Balaban J connectivity index is 1.59. The molecule has 0 saturated heterocycles. The number of hydrogen-bond acceptors (Lipinski definition) is 3. The van der Waals surface area contributed by atoms with E-state index in [0.717, 1.165) is 10.0 Å². The zero-order valence-electron chi connectivity index (χ0n) is 13.6. The second-order valence-corrected chi connectivity index (χ2v) is 7.89. The Hall–Kier alpha value is -2.25. The predicted octanol–water partition coefficient (Wildman–Crippen LogP) is 4.42. The number of halogens is 2. The van der Waals surface area contributed by atoms with Gasteiger partial charge in [0.05, 0.1) is 16.6 Å². The molecule has 0 spiro atoms. The predicted molar refractivity (Wildman–Crippen MR) is 101 cm³/mol. The van der Waals surface area contributed by atoms with Crippen LogP contribution in [0.25, 0.3) is 0 Å². The van der Waals surface area contributed by atoms with Crippen LogP contribution in [0.3, 0.4) is 0 Å². The van der Waals surface area contributed by atoms with E-state index in [1.807, 2.05) is 24.3 Å². The Morgan fingerprint density at radius 1 is 1.12 bits per heavy atom. The van der Waals surface area contributed by atoms with E-state index in [1.165, 1.54) is 24.3 Å². The molecule has 0 fully saturated rings. The number of amides is 1. The van der Waals surface area contributed by atoms with Crippen LogP contribution in [-0.4, -0.2) is 10.1 Å². The molecule has 0 aliphatic carbocycles. The number of carbonyl (C=O) groups excluding carboxylic acids is 1. The summed E-state index contributed by atoms with van der Waals surface area (Å²) in [6.45, 7) is 0.371. The summed E-state index contributed by atoms with van der Waals surface area (Å²) >= 11 is 3.38. The number of furan rings is 1. The van der Waals surface area contributed by atoms with Crippen molar-refractivity contribution in [3.8, 4) is 0 Å². The maximum Gasteiger partial charge on any atom is 0.287 e. The van der Waals surface area contributed by atoms with Crippen molar-refractivity contribution in [1.29, 1.82) is 0 Å². The minimum atomic E-state index is -1.38. The van der Waals surface area contributed by atoms with Gasteiger partial charge < -0.3 is 9.73 Å². The van der Waals surface area contributed by atoms with Crippen molar-refractivity contribution < 1.29 is 17.8 Å². The van der Waals surface area contributed by atoms with Crippen molar-refractivity contribution >= 4 is 32.6 Å². The monoisotopic (exact) mass is 435 g/mol. The van der Waals surface area contributed by atoms with E-state index in [4.69, 9.17) is 4.42 Å². The second-order valence-electron chi connectivity index (χ2n) is 5.52. The first-order chi connectivity index (χ1) is 12.5. The molecular formula is C19H15BrFNO3S. The molecule has 0 aliphatic rings. The molecule has 4 nitrogen and oxygen atoms in total. The lowest BCUT2D eigenvalue weighted by molar-refractivity contribution is 0.0921. The molecule has 0 unspecified atom stereocenters. The highest BCUT2D eigenvalue weighted by atomic mass is 79.9. The fourth-order valence-electron chi connectivity index (χ4n) is 2.29. The van der Waals surface area contributed by atoms with Crippen LogP contribution in [0, 0.1) is 5.82 Å². The van der Waals surface area contributed by atoms with Crippen molar-refractivity contribution in [2.75, 3.05) is 0 Å². The average molecular weight is 436 g/mol. The summed E-state index contributed by atoms with van der Waals surface area (Å²) in [5.74, 6) is -0.0202. The molecule has 0 bridgehead atoms. The lowest BCUT2D eigenvalue weighted by atomic mass is 10.2. The van der Waals surface area contributed by atoms with Gasteiger partial charge in [0.25, 0.3) is 5.91 Å². The lowest BCUT2D eigenvalue weighted by Crippen LogP contribution is -2.22. The zero-order chi connectivity index (χ0) is 18.5. The fourth-order valence-corrected chi connectivity index (χ4v) is 3.76. The molecule has 1 N–H and O–H groups in total. The van der Waals surface area contributed by atoms with Crippen molar-refractivity contribution in [3.63, 3.8) is 0 Å². The van der Waals surface area contributed by atoms with Gasteiger partial charge in [-0.15, -0.1) is 0 Å². The summed E-state index contributed by atoms with van der Waals surface area (Å²) in [6, 6.07) is 16.3. The van der Waals surface area contributed by atoms with Gasteiger partial charge in [0.15, 0.2) is 5.76 Å². The molecule has 1 amide bonds. The molecule has 1 heterocycles. The Labute approximate surface area is 161 Å². The van der Waals surface area contributed by atoms with Crippen molar-refractivity contribution in [2.24, 2.45) is 0 Å². The van der Waals surface area contributed by atoms with E-state index in [2.05, 4.69) is 21.2 Å². The van der Waals surface area contributed by atoms with Crippen LogP contribution in [0.5, 0.6) is 0 Å². The van der Waals surface area contributed by atoms with Crippen LogP contribution in [0.4, 0.5) is 4.39 Å². The maximum atomic E-state index is 12.9. The third kappa shape index (κ3) is 4.89. The van der Waals surface area contributed by atoms with E-state index < -0.39 is 10.8 Å². The summed E-state index contributed by atoms with van der Waals surface area (Å²) in [5.41, 5.74) is 0.955. The number of carbonyl (C=O) groups is 1. The standard InChI is InChI=1S/C19H15BrFNO3S/c20-14-3-1-2-13(10-14)11-22-19(23)18-9-6-16(25-18)12-26(24)17-7-4-15(21)5-8-17/h1-10H,11-12H2,(H,22,23)/t26-/m0/s1. The molecule has 2 aromatic carbocycles. The third-order valence-corrected chi connectivity index (χ3v) is 5.42. The molecule has 134 valence electrons. The molecule has 3 rings (SSSR count). The van der Waals surface area contributed by atoms with Crippen molar-refractivity contribution in [2.45, 2.75) is 17.2 Å². The number of hydrogen-bond donors (Lipinski definition) is 1. The van der Waals surface area contributed by atoms with Crippen molar-refractivity contribution in [1.82, 2.24) is 5.32 Å². The first-order valence-corrected chi connectivity index (χ1v) is 9.88. The topological polar surface area (TPSA) is 59.3 Å². The van der Waals surface area contributed by atoms with Crippen LogP contribution >= 0.6 is 15.9 Å². The maximum absolute atomic E-state index is 12.9. The summed E-state index contributed by atoms with van der Waals surface area (Å²) in [4.78, 5) is 12.7. The highest BCUT2D eigenvalue weighted by molar-refractivity contribution is 9.10. The highest BCUT2D eigenvalue weighted by Gasteiger charge is 2.13. The van der Waals surface area contributed by atoms with E-state index >= 15 is 0 Å². The van der Waals surface area contributed by atoms with Gasteiger partial charge in [0.1, 0.15) is 11.6 Å². The molecule has 0 aliphatic heterocycles. The smallest absolute Gasteiger partial charge is 0.287 e. The molecule has 1 atom stereocenters. The van der Waals surface area contributed by atoms with Gasteiger partial charge in [-0.3, -0.25) is 9.00 Å². The Morgan fingerprint density at radius 3 is 2.62 bits per heavy atom. The number of nitrogens with one attached hydrogen (secondary N) is 1. The number of rotatable bonds is 6. The molecule has 7 heteroatoms. The van der Waals surface area contributed by atoms with Crippen LogP contribution in [0.15, 0.2) is 74.4 Å². The minimum absolute atomic E-state index is 0.116. The van der Waals surface area contributed by atoms with Gasteiger partial charge in [-0.25, -0.2) is 4.39 Å². The van der Waals surface area contributed by atoms with Gasteiger partial charge in [0, 0.05) is 15.9 Å². The molecule has 3 aromatic rings. The summed E-state index contributed by atoms with van der Waals surface area (Å²) < 4.78 is 31.6. The molecule has 0 saturated carbocycles. The van der Waals surface area contributed by atoms with E-state index in [0.29, 0.717) is 17.2 Å². The van der Waals surface area contributed by atoms with Gasteiger partial charge in [-0.05, 0) is 54.1 Å². The SMILES string of the molecule is O=C(NCc1cccc(Br)c1)c1ccc(C[S@](=O)c2ccc(F)cc2)o1. The van der Waals surface area contributed by atoms with Gasteiger partial charge in [0.2, 0.25) is 0 Å². The molecule has 1 aromatic heterocycles. The van der Waals surface area contributed by atoms with Crippen LogP contribution in [0.2, 0.25) is 0 Å². The number of benzene rings is 2. The molecule has 26 heavy (non-hydrogen) atoms. The Kier molecular flexibility index (Phi) is 6.00. The molecular weight excluding hydrogens is 421 g/mol. The molecule has 0 radical (unpaired) electrons.